The lowest BCUT2D eigenvalue weighted by Gasteiger charge is -2.18. The Hall–Kier alpha value is -2.53. The molecular formula is C20H22N2O3. The smallest absolute Gasteiger partial charge is 0.373 e. The second-order valence-electron chi connectivity index (χ2n) is 6.71. The Balaban J connectivity index is 1.66. The maximum Gasteiger partial charge on any atom is 0.373 e. The largest absolute Gasteiger partial charge is 0.463 e. The van der Waals surface area contributed by atoms with Crippen molar-refractivity contribution in [1.82, 2.24) is 9.88 Å². The van der Waals surface area contributed by atoms with Crippen LogP contribution in [0.3, 0.4) is 0 Å². The van der Waals surface area contributed by atoms with Crippen LogP contribution in [0.4, 0.5) is 0 Å². The SMILES string of the molecule is COC(=O)c1ccc(-c2ccc3[nH]cc(C[C@H]4CCCN4C)c3c2)o1. The second kappa shape index (κ2) is 6.41. The van der Waals surface area contributed by atoms with E-state index in [2.05, 4.69) is 35.3 Å². The third kappa shape index (κ3) is 2.96. The van der Waals surface area contributed by atoms with E-state index >= 15 is 0 Å². The molecule has 1 N–H and O–H groups in total. The summed E-state index contributed by atoms with van der Waals surface area (Å²) in [5.41, 5.74) is 3.41. The van der Waals surface area contributed by atoms with Gasteiger partial charge in [-0.2, -0.15) is 0 Å². The predicted molar refractivity (Wildman–Crippen MR) is 96.7 cm³/mol. The summed E-state index contributed by atoms with van der Waals surface area (Å²) in [5, 5.41) is 1.22. The molecule has 1 aliphatic heterocycles. The predicted octanol–water partition coefficient (Wildman–Crippen LogP) is 3.85. The van der Waals surface area contributed by atoms with Gasteiger partial charge in [0, 0.05) is 28.7 Å². The average molecular weight is 338 g/mol. The quantitative estimate of drug-likeness (QED) is 0.734. The summed E-state index contributed by atoms with van der Waals surface area (Å²) in [4.78, 5) is 17.4. The number of carbonyl (C=O) groups excluding carboxylic acids is 1. The molecule has 25 heavy (non-hydrogen) atoms. The van der Waals surface area contributed by atoms with Crippen molar-refractivity contribution in [2.75, 3.05) is 20.7 Å². The maximum atomic E-state index is 11.6. The van der Waals surface area contributed by atoms with E-state index in [4.69, 9.17) is 9.15 Å². The number of H-pyrrole nitrogens is 1. The number of hydrogen-bond donors (Lipinski definition) is 1. The standard InChI is InChI=1S/C20H22N2O3/c1-22-9-3-4-15(22)10-14-12-21-17-6-5-13(11-16(14)17)18-7-8-19(25-18)20(23)24-2/h5-8,11-12,15,21H,3-4,9-10H2,1-2H3/t15-/m1/s1. The number of methoxy groups -OCH3 is 1. The number of ether oxygens (including phenoxy) is 1. The third-order valence-corrected chi connectivity index (χ3v) is 5.17. The maximum absolute atomic E-state index is 11.6. The number of hydrogen-bond acceptors (Lipinski definition) is 4. The number of nitrogens with one attached hydrogen (secondary N) is 1. The van der Waals surface area contributed by atoms with Crippen LogP contribution in [0.25, 0.3) is 22.2 Å². The zero-order valence-electron chi connectivity index (χ0n) is 14.5. The van der Waals surface area contributed by atoms with E-state index in [9.17, 15) is 4.79 Å². The molecule has 0 amide bonds. The van der Waals surface area contributed by atoms with Crippen molar-refractivity contribution < 1.29 is 13.9 Å². The summed E-state index contributed by atoms with van der Waals surface area (Å²) in [6.45, 7) is 1.18. The van der Waals surface area contributed by atoms with Gasteiger partial charge in [0.15, 0.2) is 0 Å². The monoisotopic (exact) mass is 338 g/mol. The van der Waals surface area contributed by atoms with Crippen LogP contribution in [0.1, 0.15) is 29.0 Å². The van der Waals surface area contributed by atoms with Gasteiger partial charge in [-0.05, 0) is 68.8 Å². The van der Waals surface area contributed by atoms with Crippen molar-refractivity contribution in [3.05, 3.63) is 47.9 Å². The molecule has 0 saturated carbocycles. The van der Waals surface area contributed by atoms with Gasteiger partial charge in [-0.15, -0.1) is 0 Å². The van der Waals surface area contributed by atoms with Crippen molar-refractivity contribution in [2.24, 2.45) is 0 Å². The number of furan rings is 1. The third-order valence-electron chi connectivity index (χ3n) is 5.17. The number of esters is 1. The lowest BCUT2D eigenvalue weighted by atomic mass is 10.0. The van der Waals surface area contributed by atoms with E-state index in [1.54, 1.807) is 6.07 Å². The van der Waals surface area contributed by atoms with Crippen LogP contribution >= 0.6 is 0 Å². The van der Waals surface area contributed by atoms with Gasteiger partial charge in [0.05, 0.1) is 7.11 Å². The molecule has 130 valence electrons. The fourth-order valence-electron chi connectivity index (χ4n) is 3.69. The zero-order chi connectivity index (χ0) is 17.4. The van der Waals surface area contributed by atoms with Gasteiger partial charge in [-0.3, -0.25) is 0 Å². The first-order valence-corrected chi connectivity index (χ1v) is 8.64. The molecule has 1 saturated heterocycles. The van der Waals surface area contributed by atoms with E-state index in [0.29, 0.717) is 11.8 Å². The van der Waals surface area contributed by atoms with Crippen LogP contribution in [0.5, 0.6) is 0 Å². The molecule has 1 aromatic carbocycles. The molecule has 2 aromatic heterocycles. The van der Waals surface area contributed by atoms with Crippen molar-refractivity contribution in [3.63, 3.8) is 0 Å². The highest BCUT2D eigenvalue weighted by molar-refractivity contribution is 5.89. The highest BCUT2D eigenvalue weighted by atomic mass is 16.5. The molecular weight excluding hydrogens is 316 g/mol. The topological polar surface area (TPSA) is 58.5 Å². The molecule has 0 unspecified atom stereocenters. The molecule has 0 bridgehead atoms. The number of aromatic amines is 1. The van der Waals surface area contributed by atoms with Crippen LogP contribution in [-0.2, 0) is 11.2 Å². The first-order valence-electron chi connectivity index (χ1n) is 8.64. The van der Waals surface area contributed by atoms with E-state index in [1.165, 1.54) is 37.4 Å². The normalized spacial score (nSPS) is 18.1. The molecule has 5 heteroatoms. The molecule has 0 radical (unpaired) electrons. The van der Waals surface area contributed by atoms with Crippen molar-refractivity contribution in [1.29, 1.82) is 0 Å². The van der Waals surface area contributed by atoms with Gasteiger partial charge in [-0.25, -0.2) is 4.79 Å². The number of nitrogens with zero attached hydrogens (tertiary/aromatic N) is 1. The number of rotatable bonds is 4. The average Bonchev–Trinajstić information content (AvgIpc) is 3.35. The molecule has 0 aliphatic carbocycles. The molecule has 1 atom stereocenters. The van der Waals surface area contributed by atoms with Crippen LogP contribution < -0.4 is 0 Å². The zero-order valence-corrected chi connectivity index (χ0v) is 14.5. The van der Waals surface area contributed by atoms with Crippen molar-refractivity contribution >= 4 is 16.9 Å². The summed E-state index contributed by atoms with van der Waals surface area (Å²) in [7, 11) is 3.55. The molecule has 3 aromatic rings. The highest BCUT2D eigenvalue weighted by Crippen LogP contribution is 2.30. The lowest BCUT2D eigenvalue weighted by molar-refractivity contribution is 0.0566. The summed E-state index contributed by atoms with van der Waals surface area (Å²) >= 11 is 0. The van der Waals surface area contributed by atoms with Crippen molar-refractivity contribution in [2.45, 2.75) is 25.3 Å². The Kier molecular flexibility index (Phi) is 4.09. The Morgan fingerprint density at radius 3 is 3.00 bits per heavy atom. The van der Waals surface area contributed by atoms with Gasteiger partial charge in [0.1, 0.15) is 5.76 Å². The summed E-state index contributed by atoms with van der Waals surface area (Å²) in [6.07, 6.45) is 5.69. The number of aromatic nitrogens is 1. The van der Waals surface area contributed by atoms with Gasteiger partial charge in [-0.1, -0.05) is 0 Å². The number of likely N-dealkylation sites (tertiary alicyclic amines) is 1. The number of benzene rings is 1. The first-order chi connectivity index (χ1) is 12.2. The van der Waals surface area contributed by atoms with Gasteiger partial charge in [0.25, 0.3) is 0 Å². The Morgan fingerprint density at radius 1 is 1.36 bits per heavy atom. The first kappa shape index (κ1) is 16.0. The van der Waals surface area contributed by atoms with Gasteiger partial charge >= 0.3 is 5.97 Å². The number of likely N-dealkylation sites (N-methyl/N-ethyl adjacent to an activating group) is 1. The van der Waals surface area contributed by atoms with E-state index in [-0.39, 0.29) is 5.76 Å². The minimum absolute atomic E-state index is 0.222. The summed E-state index contributed by atoms with van der Waals surface area (Å²) in [5.74, 6) is 0.436. The molecule has 5 nitrogen and oxygen atoms in total. The Bertz CT molecular complexity index is 909. The lowest BCUT2D eigenvalue weighted by Crippen LogP contribution is -2.26. The van der Waals surface area contributed by atoms with Gasteiger partial charge < -0.3 is 19.0 Å². The Labute approximate surface area is 146 Å². The fourth-order valence-corrected chi connectivity index (χ4v) is 3.69. The molecule has 1 fully saturated rings. The van der Waals surface area contributed by atoms with Crippen LogP contribution in [0.2, 0.25) is 0 Å². The van der Waals surface area contributed by atoms with Crippen LogP contribution in [0.15, 0.2) is 40.9 Å². The van der Waals surface area contributed by atoms with Crippen molar-refractivity contribution in [3.8, 4) is 11.3 Å². The summed E-state index contributed by atoms with van der Waals surface area (Å²) < 4.78 is 10.3. The van der Waals surface area contributed by atoms with E-state index in [0.717, 1.165) is 17.5 Å². The van der Waals surface area contributed by atoms with Gasteiger partial charge in [0.2, 0.25) is 5.76 Å². The van der Waals surface area contributed by atoms with Crippen LogP contribution in [-0.4, -0.2) is 42.6 Å². The Morgan fingerprint density at radius 2 is 2.24 bits per heavy atom. The minimum atomic E-state index is -0.459. The van der Waals surface area contributed by atoms with E-state index < -0.39 is 5.97 Å². The second-order valence-corrected chi connectivity index (χ2v) is 6.71. The molecule has 4 rings (SSSR count). The molecule has 1 aliphatic rings. The number of carbonyl (C=O) groups is 1. The fraction of sp³-hybridized carbons (Fsp3) is 0.350. The number of fused-ring (bicyclic) bond motifs is 1. The molecule has 3 heterocycles. The van der Waals surface area contributed by atoms with Crippen LogP contribution in [0, 0.1) is 0 Å². The minimum Gasteiger partial charge on any atom is -0.463 e. The van der Waals surface area contributed by atoms with E-state index in [1.807, 2.05) is 12.1 Å². The molecule has 0 spiro atoms. The summed E-state index contributed by atoms with van der Waals surface area (Å²) in [6, 6.07) is 10.3. The highest BCUT2D eigenvalue weighted by Gasteiger charge is 2.22.